The number of nitrogens with one attached hydrogen (secondary N) is 1. The number of carbonyl (C=O) groups is 3. The molecule has 0 aliphatic carbocycles. The molecule has 0 saturated carbocycles. The first kappa shape index (κ1) is 22.5. The van der Waals surface area contributed by atoms with E-state index >= 15 is 0 Å². The Balaban J connectivity index is 1.72. The van der Waals surface area contributed by atoms with Crippen molar-refractivity contribution < 1.29 is 18.8 Å². The zero-order valence-corrected chi connectivity index (χ0v) is 20.7. The summed E-state index contributed by atoms with van der Waals surface area (Å²) in [7, 11) is 0. The first-order chi connectivity index (χ1) is 17.2. The Hall–Kier alpha value is -3.93. The number of Topliss-reactive ketones (excluding diaryl/α,β-unsaturated/α-hetero) is 2. The summed E-state index contributed by atoms with van der Waals surface area (Å²) >= 11 is 0. The molecule has 182 valence electrons. The molecule has 1 saturated heterocycles. The number of amides is 1. The van der Waals surface area contributed by atoms with Crippen molar-refractivity contribution in [2.75, 3.05) is 10.2 Å². The minimum Gasteiger partial charge on any atom is -0.461 e. The molecule has 6 heteroatoms. The minimum absolute atomic E-state index is 0.0887. The Morgan fingerprint density at radius 3 is 2.44 bits per heavy atom. The lowest BCUT2D eigenvalue weighted by molar-refractivity contribution is -0.128. The lowest BCUT2D eigenvalue weighted by atomic mass is 9.63. The van der Waals surface area contributed by atoms with Gasteiger partial charge in [0.05, 0.1) is 18.2 Å². The highest BCUT2D eigenvalue weighted by atomic mass is 16.3. The van der Waals surface area contributed by atoms with Crippen LogP contribution in [0.5, 0.6) is 0 Å². The lowest BCUT2D eigenvalue weighted by Crippen LogP contribution is -2.51. The number of carbonyl (C=O) groups excluding carboxylic acids is 3. The topological polar surface area (TPSA) is 79.6 Å². The zero-order chi connectivity index (χ0) is 25.4. The second-order valence-electron chi connectivity index (χ2n) is 11.0. The second-order valence-corrected chi connectivity index (χ2v) is 11.0. The summed E-state index contributed by atoms with van der Waals surface area (Å²) in [5.41, 5.74) is 2.22. The summed E-state index contributed by atoms with van der Waals surface area (Å²) in [6.07, 6.45) is 3.51. The third-order valence-electron chi connectivity index (χ3n) is 7.94. The Bertz CT molecular complexity index is 1450. The van der Waals surface area contributed by atoms with Crippen molar-refractivity contribution >= 4 is 34.4 Å². The molecule has 4 unspecified atom stereocenters. The Labute approximate surface area is 210 Å². The summed E-state index contributed by atoms with van der Waals surface area (Å²) in [6, 6.07) is 17.3. The fraction of sp³-hybridized carbons (Fsp3) is 0.300. The largest absolute Gasteiger partial charge is 0.461 e. The van der Waals surface area contributed by atoms with Crippen LogP contribution in [-0.2, 0) is 15.0 Å². The maximum Gasteiger partial charge on any atom is 0.238 e. The van der Waals surface area contributed by atoms with Crippen LogP contribution in [0.4, 0.5) is 11.4 Å². The number of hydrogen-bond acceptors (Lipinski definition) is 5. The summed E-state index contributed by atoms with van der Waals surface area (Å²) in [6.45, 7) is 7.61. The molecule has 1 aromatic heterocycles. The number of benzene rings is 2. The van der Waals surface area contributed by atoms with Gasteiger partial charge in [-0.1, -0.05) is 63.2 Å². The van der Waals surface area contributed by atoms with E-state index in [9.17, 15) is 14.4 Å². The third-order valence-corrected chi connectivity index (χ3v) is 7.94. The molecule has 2 aromatic carbocycles. The second kappa shape index (κ2) is 7.53. The highest BCUT2D eigenvalue weighted by molar-refractivity contribution is 6.16. The van der Waals surface area contributed by atoms with Gasteiger partial charge in [-0.2, -0.15) is 0 Å². The number of rotatable bonds is 3. The van der Waals surface area contributed by atoms with Crippen molar-refractivity contribution in [1.82, 2.24) is 0 Å². The van der Waals surface area contributed by atoms with Crippen molar-refractivity contribution in [1.29, 1.82) is 0 Å². The number of furan rings is 1. The molecule has 3 aliphatic heterocycles. The molecule has 6 rings (SSSR count). The van der Waals surface area contributed by atoms with Crippen molar-refractivity contribution in [3.8, 4) is 0 Å². The molecule has 1 amide bonds. The highest BCUT2D eigenvalue weighted by Gasteiger charge is 2.71. The van der Waals surface area contributed by atoms with Crippen molar-refractivity contribution in [2.24, 2.45) is 11.3 Å². The highest BCUT2D eigenvalue weighted by Crippen LogP contribution is 2.59. The number of fused-ring (bicyclic) bond motifs is 6. The maximum atomic E-state index is 14.3. The summed E-state index contributed by atoms with van der Waals surface area (Å²) in [5.74, 6) is -1.53. The molecule has 6 nitrogen and oxygen atoms in total. The molecule has 1 fully saturated rings. The van der Waals surface area contributed by atoms with E-state index in [-0.39, 0.29) is 23.2 Å². The fourth-order valence-corrected chi connectivity index (χ4v) is 6.40. The lowest BCUT2D eigenvalue weighted by Gasteiger charge is -2.39. The van der Waals surface area contributed by atoms with E-state index in [0.717, 1.165) is 22.4 Å². The predicted molar refractivity (Wildman–Crippen MR) is 138 cm³/mol. The standard InChI is InChI=1S/C30H28N2O4/c1-17-16-23-30(19-11-6-7-12-20(19)31-28(30)35)24(26(33)22-14-9-15-36-22)25(27(34)29(2,3)4)32(23)21-13-8-5-10-18(17)21/h5-16,23-25H,1-4H3,(H,31,35). The van der Waals surface area contributed by atoms with Crippen LogP contribution in [0.2, 0.25) is 0 Å². The van der Waals surface area contributed by atoms with E-state index in [1.54, 1.807) is 12.1 Å². The van der Waals surface area contributed by atoms with E-state index < -0.39 is 28.8 Å². The SMILES string of the molecule is CC1=CC2N(c3ccccc31)C(C(=O)C(C)(C)C)C(C(=O)c1ccco1)C21C(=O)Nc2ccccc21. The number of allylic oxidation sites excluding steroid dienone is 1. The summed E-state index contributed by atoms with van der Waals surface area (Å²) < 4.78 is 5.56. The molecule has 4 heterocycles. The van der Waals surface area contributed by atoms with Crippen LogP contribution in [0.3, 0.4) is 0 Å². The number of hydrogen-bond donors (Lipinski definition) is 1. The molecule has 0 bridgehead atoms. The molecule has 36 heavy (non-hydrogen) atoms. The number of anilines is 2. The van der Waals surface area contributed by atoms with Gasteiger partial charge in [-0.15, -0.1) is 0 Å². The van der Waals surface area contributed by atoms with Gasteiger partial charge in [0.2, 0.25) is 11.7 Å². The van der Waals surface area contributed by atoms with Gasteiger partial charge in [-0.3, -0.25) is 14.4 Å². The molecule has 0 radical (unpaired) electrons. The van der Waals surface area contributed by atoms with E-state index in [1.807, 2.05) is 81.1 Å². The van der Waals surface area contributed by atoms with Gasteiger partial charge in [0, 0.05) is 22.4 Å². The van der Waals surface area contributed by atoms with Crippen LogP contribution >= 0.6 is 0 Å². The van der Waals surface area contributed by atoms with Crippen LogP contribution in [0.15, 0.2) is 77.4 Å². The van der Waals surface area contributed by atoms with Crippen LogP contribution < -0.4 is 10.2 Å². The predicted octanol–water partition coefficient (Wildman–Crippen LogP) is 5.26. The first-order valence-corrected chi connectivity index (χ1v) is 12.3. The normalized spacial score (nSPS) is 26.2. The molecule has 4 atom stereocenters. The molecular weight excluding hydrogens is 452 g/mol. The van der Waals surface area contributed by atoms with Gasteiger partial charge in [0.25, 0.3) is 0 Å². The molecular formula is C30H28N2O4. The van der Waals surface area contributed by atoms with Crippen molar-refractivity contribution in [3.63, 3.8) is 0 Å². The average molecular weight is 481 g/mol. The van der Waals surface area contributed by atoms with Gasteiger partial charge in [0.1, 0.15) is 11.5 Å². The monoisotopic (exact) mass is 480 g/mol. The van der Waals surface area contributed by atoms with Gasteiger partial charge < -0.3 is 14.6 Å². The van der Waals surface area contributed by atoms with Crippen LogP contribution in [-0.4, -0.2) is 29.6 Å². The zero-order valence-electron chi connectivity index (χ0n) is 20.7. The smallest absolute Gasteiger partial charge is 0.238 e. The van der Waals surface area contributed by atoms with E-state index in [1.165, 1.54) is 6.26 Å². The van der Waals surface area contributed by atoms with Gasteiger partial charge in [-0.25, -0.2) is 0 Å². The quantitative estimate of drug-likeness (QED) is 0.518. The minimum atomic E-state index is -1.30. The Morgan fingerprint density at radius 1 is 1.00 bits per heavy atom. The molecule has 1 spiro atoms. The van der Waals surface area contributed by atoms with Gasteiger partial charge >= 0.3 is 0 Å². The Kier molecular flexibility index (Phi) is 4.71. The van der Waals surface area contributed by atoms with Gasteiger partial charge in [-0.05, 0) is 42.3 Å². The third kappa shape index (κ3) is 2.81. The van der Waals surface area contributed by atoms with Crippen LogP contribution in [0, 0.1) is 11.3 Å². The van der Waals surface area contributed by atoms with Crippen LogP contribution in [0.1, 0.15) is 49.4 Å². The van der Waals surface area contributed by atoms with Crippen LogP contribution in [0.25, 0.3) is 5.57 Å². The average Bonchev–Trinajstić information content (AvgIpc) is 3.55. The molecule has 3 aliphatic rings. The molecule has 3 aromatic rings. The number of para-hydroxylation sites is 2. The molecule has 1 N–H and O–H groups in total. The first-order valence-electron chi connectivity index (χ1n) is 12.3. The maximum absolute atomic E-state index is 14.3. The van der Waals surface area contributed by atoms with Crippen molar-refractivity contribution in [2.45, 2.75) is 45.2 Å². The number of nitrogens with zero attached hydrogens (tertiary/aromatic N) is 1. The van der Waals surface area contributed by atoms with E-state index in [2.05, 4.69) is 11.4 Å². The van der Waals surface area contributed by atoms with Crippen molar-refractivity contribution in [3.05, 3.63) is 89.9 Å². The van der Waals surface area contributed by atoms with E-state index in [4.69, 9.17) is 4.42 Å². The Morgan fingerprint density at radius 2 is 1.72 bits per heavy atom. The van der Waals surface area contributed by atoms with E-state index in [0.29, 0.717) is 5.69 Å². The number of ketones is 2. The van der Waals surface area contributed by atoms with Gasteiger partial charge in [0.15, 0.2) is 11.5 Å². The summed E-state index contributed by atoms with van der Waals surface area (Å²) in [5, 5.41) is 3.04. The summed E-state index contributed by atoms with van der Waals surface area (Å²) in [4.78, 5) is 44.8. The fourth-order valence-electron chi connectivity index (χ4n) is 6.40.